The fourth-order valence-corrected chi connectivity index (χ4v) is 5.69. The van der Waals surface area contributed by atoms with Crippen molar-refractivity contribution in [2.75, 3.05) is 13.1 Å². The summed E-state index contributed by atoms with van der Waals surface area (Å²) in [6, 6.07) is 19.4. The zero-order chi connectivity index (χ0) is 25.3. The molecule has 1 unspecified atom stereocenters. The molecule has 0 fully saturated rings. The lowest BCUT2D eigenvalue weighted by molar-refractivity contribution is 0.157. The van der Waals surface area contributed by atoms with Gasteiger partial charge in [-0.2, -0.15) is 0 Å². The molecule has 0 saturated carbocycles. The Morgan fingerprint density at radius 1 is 1.08 bits per heavy atom. The fourth-order valence-electron chi connectivity index (χ4n) is 5.69. The van der Waals surface area contributed by atoms with Gasteiger partial charge in [-0.3, -0.25) is 4.90 Å². The van der Waals surface area contributed by atoms with Gasteiger partial charge < -0.3 is 9.84 Å². The van der Waals surface area contributed by atoms with E-state index in [0.717, 1.165) is 54.9 Å². The third-order valence-electron chi connectivity index (χ3n) is 7.71. The van der Waals surface area contributed by atoms with Crippen LogP contribution in [0, 0.1) is 0 Å². The second kappa shape index (κ2) is 10.1. The first-order valence-corrected chi connectivity index (χ1v) is 13.5. The van der Waals surface area contributed by atoms with E-state index in [9.17, 15) is 5.11 Å². The molecule has 0 aliphatic carbocycles. The van der Waals surface area contributed by atoms with Gasteiger partial charge in [0, 0.05) is 19.6 Å². The number of hydrogen-bond acceptors (Lipinski definition) is 3. The predicted octanol–water partition coefficient (Wildman–Crippen LogP) is 8.23. The average molecular weight is 482 g/mol. The molecule has 0 spiro atoms. The van der Waals surface area contributed by atoms with Gasteiger partial charge in [0.1, 0.15) is 17.1 Å². The minimum atomic E-state index is -0.416. The van der Waals surface area contributed by atoms with Crippen LogP contribution >= 0.6 is 0 Å². The number of aromatic hydroxyl groups is 1. The van der Waals surface area contributed by atoms with Crippen molar-refractivity contribution in [2.45, 2.75) is 71.4 Å². The molecule has 3 nitrogen and oxygen atoms in total. The molecule has 188 valence electrons. The molecule has 1 N–H and O–H groups in total. The molecule has 36 heavy (non-hydrogen) atoms. The van der Waals surface area contributed by atoms with Gasteiger partial charge in [-0.05, 0) is 83.9 Å². The van der Waals surface area contributed by atoms with Crippen LogP contribution in [0.4, 0.5) is 0 Å². The fraction of sp³-hybridized carbons (Fsp3) is 0.394. The Labute approximate surface area is 216 Å². The predicted molar refractivity (Wildman–Crippen MR) is 151 cm³/mol. The Morgan fingerprint density at radius 3 is 2.67 bits per heavy atom. The minimum absolute atomic E-state index is 0.340. The molecular weight excluding hydrogens is 442 g/mol. The summed E-state index contributed by atoms with van der Waals surface area (Å²) in [6.07, 6.45) is 9.01. The van der Waals surface area contributed by atoms with E-state index < -0.39 is 5.60 Å². The first-order chi connectivity index (χ1) is 17.3. The lowest BCUT2D eigenvalue weighted by Crippen LogP contribution is -2.31. The first-order valence-electron chi connectivity index (χ1n) is 13.5. The van der Waals surface area contributed by atoms with Crippen LogP contribution in [0.5, 0.6) is 11.5 Å². The van der Waals surface area contributed by atoms with Crippen LogP contribution in [0.15, 0.2) is 72.3 Å². The van der Waals surface area contributed by atoms with Crippen molar-refractivity contribution in [3.63, 3.8) is 0 Å². The second-order valence-corrected chi connectivity index (χ2v) is 11.1. The summed E-state index contributed by atoms with van der Waals surface area (Å²) in [5, 5.41) is 13.8. The van der Waals surface area contributed by atoms with E-state index in [1.165, 1.54) is 34.8 Å². The molecule has 2 aliphatic heterocycles. The summed E-state index contributed by atoms with van der Waals surface area (Å²) in [5.74, 6) is 1.56. The maximum absolute atomic E-state index is 11.2. The van der Waals surface area contributed by atoms with Crippen molar-refractivity contribution in [2.24, 2.45) is 0 Å². The molecule has 3 heteroatoms. The summed E-state index contributed by atoms with van der Waals surface area (Å²) in [5.41, 5.74) is 5.43. The molecule has 3 aromatic carbocycles. The maximum atomic E-state index is 11.2. The molecule has 0 saturated heterocycles. The Balaban J connectivity index is 1.39. The van der Waals surface area contributed by atoms with E-state index in [1.54, 1.807) is 0 Å². The number of fused-ring (bicyclic) bond motifs is 2. The van der Waals surface area contributed by atoms with Crippen LogP contribution in [-0.4, -0.2) is 28.7 Å². The minimum Gasteiger partial charge on any atom is -0.507 e. The zero-order valence-corrected chi connectivity index (χ0v) is 22.2. The first kappa shape index (κ1) is 24.6. The van der Waals surface area contributed by atoms with Crippen LogP contribution in [0.2, 0.25) is 0 Å². The Kier molecular flexibility index (Phi) is 6.94. The number of ether oxygens (including phenoxy) is 1. The normalized spacial score (nSPS) is 18.2. The molecule has 0 amide bonds. The number of rotatable bonds is 7. The van der Waals surface area contributed by atoms with Gasteiger partial charge in [0.2, 0.25) is 0 Å². The maximum Gasteiger partial charge on any atom is 0.132 e. The SMILES string of the molecule is CCCCC(C)c1cc(O)c2c(c1)OC(C)(C)C=C2C1=CCN(Cc2cccc3ccccc23)CC1. The topological polar surface area (TPSA) is 32.7 Å². The number of benzene rings is 3. The third kappa shape index (κ3) is 5.08. The number of hydrogen-bond donors (Lipinski definition) is 1. The highest BCUT2D eigenvalue weighted by molar-refractivity contribution is 5.88. The van der Waals surface area contributed by atoms with E-state index in [0.29, 0.717) is 11.7 Å². The zero-order valence-electron chi connectivity index (χ0n) is 22.2. The Hall–Kier alpha value is -3.04. The van der Waals surface area contributed by atoms with Gasteiger partial charge in [0.15, 0.2) is 0 Å². The molecule has 0 radical (unpaired) electrons. The Morgan fingerprint density at radius 2 is 1.89 bits per heavy atom. The van der Waals surface area contributed by atoms with Gasteiger partial charge >= 0.3 is 0 Å². The van der Waals surface area contributed by atoms with Gasteiger partial charge in [0.25, 0.3) is 0 Å². The van der Waals surface area contributed by atoms with E-state index in [2.05, 4.69) is 93.3 Å². The van der Waals surface area contributed by atoms with Gasteiger partial charge in [-0.25, -0.2) is 0 Å². The smallest absolute Gasteiger partial charge is 0.132 e. The molecular formula is C33H39NO2. The highest BCUT2D eigenvalue weighted by Gasteiger charge is 2.32. The summed E-state index contributed by atoms with van der Waals surface area (Å²) in [7, 11) is 0. The van der Waals surface area contributed by atoms with Gasteiger partial charge in [0.05, 0.1) is 5.56 Å². The van der Waals surface area contributed by atoms with Crippen LogP contribution in [-0.2, 0) is 6.54 Å². The second-order valence-electron chi connectivity index (χ2n) is 11.1. The molecule has 0 aromatic heterocycles. The molecule has 1 atom stereocenters. The molecule has 3 aromatic rings. The molecule has 2 aliphatic rings. The monoisotopic (exact) mass is 481 g/mol. The van der Waals surface area contributed by atoms with Crippen molar-refractivity contribution in [1.29, 1.82) is 0 Å². The van der Waals surface area contributed by atoms with E-state index in [-0.39, 0.29) is 0 Å². The van der Waals surface area contributed by atoms with Gasteiger partial charge in [-0.1, -0.05) is 75.2 Å². The molecule has 5 rings (SSSR count). The van der Waals surface area contributed by atoms with Crippen LogP contribution < -0.4 is 4.74 Å². The third-order valence-corrected chi connectivity index (χ3v) is 7.71. The van der Waals surface area contributed by atoms with Crippen LogP contribution in [0.1, 0.15) is 76.0 Å². The van der Waals surface area contributed by atoms with Crippen LogP contribution in [0.25, 0.3) is 16.3 Å². The molecule has 2 heterocycles. The summed E-state index contributed by atoms with van der Waals surface area (Å²) < 4.78 is 6.38. The number of phenolic OH excluding ortho intramolecular Hbond substituents is 1. The van der Waals surface area contributed by atoms with E-state index in [4.69, 9.17) is 4.74 Å². The number of phenols is 1. The van der Waals surface area contributed by atoms with Crippen molar-refractivity contribution in [3.05, 3.63) is 89.0 Å². The number of allylic oxidation sites excluding steroid dienone is 1. The lowest BCUT2D eigenvalue weighted by Gasteiger charge is -2.35. The van der Waals surface area contributed by atoms with E-state index >= 15 is 0 Å². The molecule has 0 bridgehead atoms. The van der Waals surface area contributed by atoms with Crippen LogP contribution in [0.3, 0.4) is 0 Å². The Bertz CT molecular complexity index is 1310. The quantitative estimate of drug-likeness (QED) is 0.369. The van der Waals surface area contributed by atoms with Crippen molar-refractivity contribution in [3.8, 4) is 11.5 Å². The largest absolute Gasteiger partial charge is 0.507 e. The lowest BCUT2D eigenvalue weighted by atomic mass is 9.84. The van der Waals surface area contributed by atoms with Crippen molar-refractivity contribution < 1.29 is 9.84 Å². The summed E-state index contributed by atoms with van der Waals surface area (Å²) in [4.78, 5) is 2.51. The number of unbranched alkanes of at least 4 members (excludes halogenated alkanes) is 1. The highest BCUT2D eigenvalue weighted by Crippen LogP contribution is 2.47. The van der Waals surface area contributed by atoms with Gasteiger partial charge in [-0.15, -0.1) is 0 Å². The number of nitrogens with zero attached hydrogens (tertiary/aromatic N) is 1. The highest BCUT2D eigenvalue weighted by atomic mass is 16.5. The summed E-state index contributed by atoms with van der Waals surface area (Å²) >= 11 is 0. The van der Waals surface area contributed by atoms with Crippen molar-refractivity contribution >= 4 is 16.3 Å². The van der Waals surface area contributed by atoms with Crippen molar-refractivity contribution in [1.82, 2.24) is 4.90 Å². The standard InChI is InChI=1S/C33H39NO2/c1-5-6-10-23(2)27-19-30(35)32-29(21-33(3,4)36-31(32)20-27)25-15-17-34(18-16-25)22-26-13-9-12-24-11-7-8-14-28(24)26/h7-9,11-15,19-21,23,35H,5-6,10,16-18,22H2,1-4H3. The summed E-state index contributed by atoms with van der Waals surface area (Å²) in [6.45, 7) is 11.5. The van der Waals surface area contributed by atoms with E-state index in [1.807, 2.05) is 6.07 Å². The average Bonchev–Trinajstić information content (AvgIpc) is 2.86.